The molecule has 15 heavy (non-hydrogen) atoms. The van der Waals surface area contributed by atoms with E-state index in [1.807, 2.05) is 0 Å². The van der Waals surface area contributed by atoms with Crippen LogP contribution in [0.3, 0.4) is 0 Å². The average molecular weight is 214 g/mol. The van der Waals surface area contributed by atoms with Crippen LogP contribution >= 0.6 is 0 Å². The van der Waals surface area contributed by atoms with Crippen LogP contribution in [-0.4, -0.2) is 25.2 Å². The van der Waals surface area contributed by atoms with Crippen molar-refractivity contribution in [2.45, 2.75) is 71.9 Å². The third-order valence-corrected chi connectivity index (χ3v) is 2.86. The quantitative estimate of drug-likeness (QED) is 0.546. The second-order valence-electron chi connectivity index (χ2n) is 4.60. The first-order chi connectivity index (χ1) is 7.20. The van der Waals surface area contributed by atoms with Gasteiger partial charge >= 0.3 is 0 Å². The fraction of sp³-hybridized carbons (Fsp3) is 1.00. The average Bonchev–Trinajstić information content (AvgIpc) is 2.18. The predicted octanol–water partition coefficient (Wildman–Crippen LogP) is 2.93. The molecule has 0 amide bonds. The summed E-state index contributed by atoms with van der Waals surface area (Å²) in [6.07, 6.45) is 6.62. The lowest BCUT2D eigenvalue weighted by atomic mass is 10.1. The molecule has 2 nitrogen and oxygen atoms in total. The van der Waals surface area contributed by atoms with Gasteiger partial charge in [0.25, 0.3) is 0 Å². The van der Waals surface area contributed by atoms with Crippen molar-refractivity contribution in [2.24, 2.45) is 0 Å². The van der Waals surface area contributed by atoms with E-state index in [1.165, 1.54) is 32.1 Å². The zero-order valence-electron chi connectivity index (χ0n) is 11.1. The van der Waals surface area contributed by atoms with Gasteiger partial charge in [-0.2, -0.15) is 0 Å². The summed E-state index contributed by atoms with van der Waals surface area (Å²) < 4.78 is 0. The first-order valence-electron chi connectivity index (χ1n) is 6.67. The van der Waals surface area contributed by atoms with Crippen molar-refractivity contribution in [3.05, 3.63) is 0 Å². The zero-order chi connectivity index (χ0) is 11.5. The molecule has 0 saturated carbocycles. The van der Waals surface area contributed by atoms with Gasteiger partial charge in [-0.3, -0.25) is 0 Å². The zero-order valence-corrected chi connectivity index (χ0v) is 11.1. The Bertz CT molecular complexity index is 126. The molecule has 2 N–H and O–H groups in total. The lowest BCUT2D eigenvalue weighted by molar-refractivity contribution is 0.448. The van der Waals surface area contributed by atoms with Gasteiger partial charge in [0.1, 0.15) is 0 Å². The smallest absolute Gasteiger partial charge is 0.00506 e. The molecule has 2 heteroatoms. The van der Waals surface area contributed by atoms with Crippen molar-refractivity contribution in [2.75, 3.05) is 13.1 Å². The van der Waals surface area contributed by atoms with E-state index in [4.69, 9.17) is 0 Å². The van der Waals surface area contributed by atoms with Gasteiger partial charge in [-0.05, 0) is 39.8 Å². The molecule has 2 unspecified atom stereocenters. The van der Waals surface area contributed by atoms with Crippen LogP contribution in [0.1, 0.15) is 59.8 Å². The lowest BCUT2D eigenvalue weighted by Crippen LogP contribution is -2.33. The van der Waals surface area contributed by atoms with Crippen molar-refractivity contribution < 1.29 is 0 Å². The van der Waals surface area contributed by atoms with E-state index in [-0.39, 0.29) is 0 Å². The highest BCUT2D eigenvalue weighted by atomic mass is 14.9. The van der Waals surface area contributed by atoms with Crippen molar-refractivity contribution in [1.29, 1.82) is 0 Å². The van der Waals surface area contributed by atoms with Gasteiger partial charge in [-0.15, -0.1) is 0 Å². The molecule has 0 fully saturated rings. The van der Waals surface area contributed by atoms with Crippen LogP contribution in [0.25, 0.3) is 0 Å². The third kappa shape index (κ3) is 10.2. The van der Waals surface area contributed by atoms with E-state index >= 15 is 0 Å². The molecule has 0 aromatic rings. The van der Waals surface area contributed by atoms with Crippen LogP contribution in [0.4, 0.5) is 0 Å². The van der Waals surface area contributed by atoms with Crippen LogP contribution < -0.4 is 10.6 Å². The van der Waals surface area contributed by atoms with Crippen LogP contribution in [0.15, 0.2) is 0 Å². The molecule has 0 heterocycles. The Hall–Kier alpha value is -0.0800. The summed E-state index contributed by atoms with van der Waals surface area (Å²) in [4.78, 5) is 0. The molecule has 2 atom stereocenters. The van der Waals surface area contributed by atoms with E-state index in [9.17, 15) is 0 Å². The molecule has 0 rings (SSSR count). The van der Waals surface area contributed by atoms with E-state index in [1.54, 1.807) is 0 Å². The summed E-state index contributed by atoms with van der Waals surface area (Å²) in [5, 5.41) is 7.02. The highest BCUT2D eigenvalue weighted by Crippen LogP contribution is 2.02. The minimum absolute atomic E-state index is 0.644. The van der Waals surface area contributed by atoms with E-state index in [0.717, 1.165) is 13.1 Å². The summed E-state index contributed by atoms with van der Waals surface area (Å²) in [5.74, 6) is 0. The van der Waals surface area contributed by atoms with Crippen LogP contribution in [0.5, 0.6) is 0 Å². The van der Waals surface area contributed by atoms with Gasteiger partial charge in [0.15, 0.2) is 0 Å². The molecule has 0 bridgehead atoms. The van der Waals surface area contributed by atoms with Crippen molar-refractivity contribution in [3.63, 3.8) is 0 Å². The topological polar surface area (TPSA) is 24.1 Å². The normalized spacial score (nSPS) is 15.2. The Morgan fingerprint density at radius 3 is 2.13 bits per heavy atom. The molecule has 0 saturated heterocycles. The maximum atomic E-state index is 3.59. The highest BCUT2D eigenvalue weighted by Gasteiger charge is 2.02. The molecular weight excluding hydrogens is 184 g/mol. The van der Waals surface area contributed by atoms with Gasteiger partial charge < -0.3 is 10.6 Å². The minimum atomic E-state index is 0.644. The van der Waals surface area contributed by atoms with Gasteiger partial charge in [0.05, 0.1) is 0 Å². The van der Waals surface area contributed by atoms with Crippen LogP contribution in [0.2, 0.25) is 0 Å². The second kappa shape index (κ2) is 10.4. The largest absolute Gasteiger partial charge is 0.314 e. The summed E-state index contributed by atoms with van der Waals surface area (Å²) in [6, 6.07) is 1.33. The third-order valence-electron chi connectivity index (χ3n) is 2.86. The molecule has 0 aliphatic carbocycles. The molecule has 92 valence electrons. The molecule has 0 aromatic heterocycles. The number of hydrogen-bond donors (Lipinski definition) is 2. The number of nitrogens with one attached hydrogen (secondary N) is 2. The highest BCUT2D eigenvalue weighted by molar-refractivity contribution is 4.65. The summed E-state index contributed by atoms with van der Waals surface area (Å²) >= 11 is 0. The number of rotatable bonds is 10. The Morgan fingerprint density at radius 2 is 1.53 bits per heavy atom. The Balaban J connectivity index is 3.26. The summed E-state index contributed by atoms with van der Waals surface area (Å²) in [5.41, 5.74) is 0. The Morgan fingerprint density at radius 1 is 0.867 bits per heavy atom. The molecule has 0 aliphatic heterocycles. The van der Waals surface area contributed by atoms with Crippen molar-refractivity contribution >= 4 is 0 Å². The lowest BCUT2D eigenvalue weighted by Gasteiger charge is -2.16. The number of unbranched alkanes of at least 4 members (excludes halogenated alkanes) is 2. The van der Waals surface area contributed by atoms with E-state index < -0.39 is 0 Å². The van der Waals surface area contributed by atoms with Crippen molar-refractivity contribution in [1.82, 2.24) is 10.6 Å². The molecule has 0 aromatic carbocycles. The predicted molar refractivity (Wildman–Crippen MR) is 69.4 cm³/mol. The Labute approximate surface area is 96.2 Å². The molecule has 0 aliphatic rings. The minimum Gasteiger partial charge on any atom is -0.314 e. The maximum Gasteiger partial charge on any atom is 0.00506 e. The summed E-state index contributed by atoms with van der Waals surface area (Å²) in [7, 11) is 0. The molecule has 0 radical (unpaired) electrons. The van der Waals surface area contributed by atoms with E-state index in [2.05, 4.69) is 38.3 Å². The fourth-order valence-corrected chi connectivity index (χ4v) is 1.80. The summed E-state index contributed by atoms with van der Waals surface area (Å²) in [6.45, 7) is 11.2. The van der Waals surface area contributed by atoms with E-state index in [0.29, 0.717) is 12.1 Å². The standard InChI is InChI=1S/C13H30N2/c1-5-7-8-9-12(3)15-11-10-13(4)14-6-2/h12-15H,5-11H2,1-4H3. The first kappa shape index (κ1) is 14.9. The van der Waals surface area contributed by atoms with Crippen LogP contribution in [0, 0.1) is 0 Å². The molecular formula is C13H30N2. The van der Waals surface area contributed by atoms with Crippen LogP contribution in [-0.2, 0) is 0 Å². The first-order valence-corrected chi connectivity index (χ1v) is 6.67. The maximum absolute atomic E-state index is 3.59. The fourth-order valence-electron chi connectivity index (χ4n) is 1.80. The number of hydrogen-bond acceptors (Lipinski definition) is 2. The second-order valence-corrected chi connectivity index (χ2v) is 4.60. The SMILES string of the molecule is CCCCCC(C)NCCC(C)NCC. The Kier molecular flexibility index (Phi) is 10.4. The van der Waals surface area contributed by atoms with Gasteiger partial charge in [-0.1, -0.05) is 33.1 Å². The van der Waals surface area contributed by atoms with Gasteiger partial charge in [0.2, 0.25) is 0 Å². The van der Waals surface area contributed by atoms with Gasteiger partial charge in [0, 0.05) is 12.1 Å². The monoisotopic (exact) mass is 214 g/mol. The van der Waals surface area contributed by atoms with Gasteiger partial charge in [-0.25, -0.2) is 0 Å². The van der Waals surface area contributed by atoms with Crippen molar-refractivity contribution in [3.8, 4) is 0 Å². The molecule has 0 spiro atoms.